The maximum absolute atomic E-state index is 13.3. The number of hydrogen-bond donors (Lipinski definition) is 1. The molecule has 0 radical (unpaired) electrons. The van der Waals surface area contributed by atoms with Gasteiger partial charge >= 0.3 is 0 Å². The molecule has 0 unspecified atom stereocenters. The highest BCUT2D eigenvalue weighted by molar-refractivity contribution is 7.92. The van der Waals surface area contributed by atoms with Crippen molar-refractivity contribution >= 4 is 36.3 Å². The van der Waals surface area contributed by atoms with Gasteiger partial charge in [0.2, 0.25) is 10.0 Å². The molecule has 1 heterocycles. The van der Waals surface area contributed by atoms with Crippen molar-refractivity contribution in [2.45, 2.75) is 4.90 Å². The van der Waals surface area contributed by atoms with Crippen LogP contribution in [0.15, 0.2) is 53.4 Å². The van der Waals surface area contributed by atoms with E-state index in [2.05, 4.69) is 9.71 Å². The average Bonchev–Trinajstić information content (AvgIpc) is 2.96. The van der Waals surface area contributed by atoms with Crippen LogP contribution in [0.3, 0.4) is 0 Å². The summed E-state index contributed by atoms with van der Waals surface area (Å²) < 4.78 is 63.1. The number of thiazole rings is 1. The second kappa shape index (κ2) is 7.02. The molecular formula is C17H15FN2O4S3. The van der Waals surface area contributed by atoms with Gasteiger partial charge in [-0.2, -0.15) is 0 Å². The van der Waals surface area contributed by atoms with Crippen molar-refractivity contribution in [3.05, 3.63) is 54.3 Å². The fraction of sp³-hybridized carbons (Fsp3) is 0.118. The lowest BCUT2D eigenvalue weighted by Crippen LogP contribution is -2.09. The molecule has 0 aliphatic carbocycles. The Morgan fingerprint density at radius 2 is 1.59 bits per heavy atom. The van der Waals surface area contributed by atoms with Crippen LogP contribution in [0.2, 0.25) is 0 Å². The highest BCUT2D eigenvalue weighted by Crippen LogP contribution is 2.41. The molecule has 0 saturated heterocycles. The number of nitrogens with one attached hydrogen (secondary N) is 1. The first kappa shape index (κ1) is 19.5. The highest BCUT2D eigenvalue weighted by Gasteiger charge is 2.22. The van der Waals surface area contributed by atoms with Crippen LogP contribution in [-0.4, -0.2) is 34.3 Å². The fourth-order valence-electron chi connectivity index (χ4n) is 2.49. The minimum atomic E-state index is -3.57. The van der Waals surface area contributed by atoms with Crippen LogP contribution in [0, 0.1) is 5.82 Å². The van der Waals surface area contributed by atoms with Crippen molar-refractivity contribution in [2.75, 3.05) is 17.2 Å². The van der Waals surface area contributed by atoms with Crippen molar-refractivity contribution in [1.82, 2.24) is 4.98 Å². The smallest absolute Gasteiger partial charge is 0.231 e. The standard InChI is InChI=1S/C17H15FN2O4S3/c1-26(21,22)14-6-4-3-5-13(14)15-16(11-7-9-12(18)10-8-11)25-17(19-15)20-27(2,23)24/h3-10H,1-2H3,(H,19,20). The molecule has 0 amide bonds. The lowest BCUT2D eigenvalue weighted by Gasteiger charge is -2.08. The van der Waals surface area contributed by atoms with Crippen molar-refractivity contribution in [1.29, 1.82) is 0 Å². The van der Waals surface area contributed by atoms with Crippen molar-refractivity contribution < 1.29 is 21.2 Å². The van der Waals surface area contributed by atoms with Gasteiger partial charge in [0.25, 0.3) is 0 Å². The molecule has 0 spiro atoms. The van der Waals surface area contributed by atoms with E-state index in [0.717, 1.165) is 23.8 Å². The number of sulfonamides is 1. The first-order valence-electron chi connectivity index (χ1n) is 7.58. The number of hydrogen-bond acceptors (Lipinski definition) is 6. The lowest BCUT2D eigenvalue weighted by atomic mass is 10.1. The molecule has 10 heteroatoms. The van der Waals surface area contributed by atoms with Crippen LogP contribution in [0.1, 0.15) is 0 Å². The topological polar surface area (TPSA) is 93.2 Å². The maximum atomic E-state index is 13.3. The molecule has 27 heavy (non-hydrogen) atoms. The number of nitrogens with zero attached hydrogens (tertiary/aromatic N) is 1. The number of sulfone groups is 1. The summed E-state index contributed by atoms with van der Waals surface area (Å²) in [6, 6.07) is 11.9. The molecule has 0 saturated carbocycles. The fourth-order valence-corrected chi connectivity index (χ4v) is 5.20. The largest absolute Gasteiger partial charge is 0.259 e. The Morgan fingerprint density at radius 3 is 2.19 bits per heavy atom. The molecule has 0 atom stereocenters. The van der Waals surface area contributed by atoms with E-state index >= 15 is 0 Å². The van der Waals surface area contributed by atoms with Crippen molar-refractivity contribution in [3.63, 3.8) is 0 Å². The zero-order valence-electron chi connectivity index (χ0n) is 14.3. The summed E-state index contributed by atoms with van der Waals surface area (Å²) in [6.45, 7) is 0. The molecule has 3 aromatic rings. The minimum absolute atomic E-state index is 0.0737. The van der Waals surface area contributed by atoms with E-state index in [-0.39, 0.29) is 10.0 Å². The van der Waals surface area contributed by atoms with Gasteiger partial charge in [0.15, 0.2) is 15.0 Å². The van der Waals surface area contributed by atoms with E-state index in [4.69, 9.17) is 0 Å². The van der Waals surface area contributed by atoms with E-state index in [0.29, 0.717) is 21.7 Å². The van der Waals surface area contributed by atoms with E-state index < -0.39 is 25.7 Å². The monoisotopic (exact) mass is 426 g/mol. The maximum Gasteiger partial charge on any atom is 0.231 e. The first-order chi connectivity index (χ1) is 12.5. The van der Waals surface area contributed by atoms with Gasteiger partial charge < -0.3 is 0 Å². The molecule has 1 N–H and O–H groups in total. The third-order valence-electron chi connectivity index (χ3n) is 3.55. The first-order valence-corrected chi connectivity index (χ1v) is 12.2. The van der Waals surface area contributed by atoms with E-state index in [1.54, 1.807) is 18.2 Å². The van der Waals surface area contributed by atoms with Gasteiger partial charge in [-0.1, -0.05) is 41.7 Å². The Bertz CT molecular complexity index is 1200. The zero-order chi connectivity index (χ0) is 19.8. The van der Waals surface area contributed by atoms with Crippen LogP contribution in [-0.2, 0) is 19.9 Å². The van der Waals surface area contributed by atoms with Crippen LogP contribution in [0.5, 0.6) is 0 Å². The Morgan fingerprint density at radius 1 is 0.963 bits per heavy atom. The predicted octanol–water partition coefficient (Wildman–Crippen LogP) is 3.39. The summed E-state index contributed by atoms with van der Waals surface area (Å²) in [7, 11) is -7.12. The Balaban J connectivity index is 2.27. The van der Waals surface area contributed by atoms with Crippen LogP contribution in [0.4, 0.5) is 9.52 Å². The number of rotatable bonds is 5. The van der Waals surface area contributed by atoms with Gasteiger partial charge in [-0.25, -0.2) is 26.2 Å². The van der Waals surface area contributed by atoms with Crippen molar-refractivity contribution in [2.24, 2.45) is 0 Å². The number of benzene rings is 2. The Labute approximate surface area is 160 Å². The van der Waals surface area contributed by atoms with Gasteiger partial charge in [-0.3, -0.25) is 4.72 Å². The van der Waals surface area contributed by atoms with Gasteiger partial charge in [-0.05, 0) is 23.8 Å². The SMILES string of the molecule is CS(=O)(=O)Nc1nc(-c2ccccc2S(C)(=O)=O)c(-c2ccc(F)cc2)s1. The molecule has 142 valence electrons. The summed E-state index contributed by atoms with van der Waals surface area (Å²) in [4.78, 5) is 4.91. The predicted molar refractivity (Wildman–Crippen MR) is 105 cm³/mol. The average molecular weight is 427 g/mol. The molecule has 3 rings (SSSR count). The number of halogens is 1. The molecule has 0 fully saturated rings. The molecule has 0 aliphatic heterocycles. The van der Waals surface area contributed by atoms with Crippen LogP contribution >= 0.6 is 11.3 Å². The highest BCUT2D eigenvalue weighted by atomic mass is 32.2. The summed E-state index contributed by atoms with van der Waals surface area (Å²) in [6.07, 6.45) is 2.08. The van der Waals surface area contributed by atoms with Gasteiger partial charge in [0, 0.05) is 11.8 Å². The summed E-state index contributed by atoms with van der Waals surface area (Å²) in [5.41, 5.74) is 1.24. The summed E-state index contributed by atoms with van der Waals surface area (Å²) >= 11 is 1.04. The normalized spacial score (nSPS) is 12.1. The Kier molecular flexibility index (Phi) is 5.06. The third kappa shape index (κ3) is 4.52. The van der Waals surface area contributed by atoms with Crippen molar-refractivity contribution in [3.8, 4) is 21.7 Å². The van der Waals surface area contributed by atoms with E-state index in [1.807, 2.05) is 0 Å². The molecule has 0 aliphatic rings. The Hall–Kier alpha value is -2.30. The molecule has 0 bridgehead atoms. The van der Waals surface area contributed by atoms with Crippen LogP contribution < -0.4 is 4.72 Å². The quantitative estimate of drug-likeness (QED) is 0.675. The lowest BCUT2D eigenvalue weighted by molar-refractivity contribution is 0.601. The molecular weight excluding hydrogens is 411 g/mol. The number of aromatic nitrogens is 1. The van der Waals surface area contributed by atoms with E-state index in [1.165, 1.54) is 30.3 Å². The third-order valence-corrected chi connectivity index (χ3v) is 6.42. The minimum Gasteiger partial charge on any atom is -0.259 e. The molecule has 6 nitrogen and oxygen atoms in total. The molecule has 2 aromatic carbocycles. The van der Waals surface area contributed by atoms with Gasteiger partial charge in [-0.15, -0.1) is 0 Å². The second-order valence-electron chi connectivity index (χ2n) is 5.85. The summed E-state index contributed by atoms with van der Waals surface area (Å²) in [5.74, 6) is -0.421. The van der Waals surface area contributed by atoms with Gasteiger partial charge in [0.1, 0.15) is 5.82 Å². The second-order valence-corrected chi connectivity index (χ2v) is 10.6. The number of anilines is 1. The molecule has 1 aromatic heterocycles. The van der Waals surface area contributed by atoms with E-state index in [9.17, 15) is 21.2 Å². The zero-order valence-corrected chi connectivity index (χ0v) is 16.8. The summed E-state index contributed by atoms with van der Waals surface area (Å²) in [5, 5.41) is 0.0927. The van der Waals surface area contributed by atoms with Crippen LogP contribution in [0.25, 0.3) is 21.7 Å². The van der Waals surface area contributed by atoms with Gasteiger partial charge in [0.05, 0.1) is 21.7 Å².